The number of hydrogen-bond donors (Lipinski definition) is 3. The fraction of sp³-hybridized carbons (Fsp3) is 0.857. The summed E-state index contributed by atoms with van der Waals surface area (Å²) in [4.78, 5) is 10.9. The Morgan fingerprint density at radius 1 is 1.64 bits per heavy atom. The van der Waals surface area contributed by atoms with E-state index in [1.54, 1.807) is 6.92 Å². The summed E-state index contributed by atoms with van der Waals surface area (Å²) in [5, 5.41) is 5.55. The summed E-state index contributed by atoms with van der Waals surface area (Å²) < 4.78 is 0. The second kappa shape index (κ2) is 6.12. The molecule has 0 radical (unpaired) electrons. The molecule has 0 aliphatic heterocycles. The van der Waals surface area contributed by atoms with Gasteiger partial charge < -0.3 is 11.1 Å². The minimum absolute atomic E-state index is 0.00384. The lowest BCUT2D eigenvalue weighted by Crippen LogP contribution is -2.42. The second-order valence-corrected chi connectivity index (χ2v) is 2.52. The Kier molecular flexibility index (Phi) is 5.78. The van der Waals surface area contributed by atoms with E-state index in [9.17, 15) is 4.79 Å². The minimum Gasteiger partial charge on any atom is -0.355 e. The Hall–Kier alpha value is -0.610. The highest BCUT2D eigenvalue weighted by molar-refractivity contribution is 5.77. The number of nitrogens with two attached hydrogens (primary N) is 1. The van der Waals surface area contributed by atoms with Crippen molar-refractivity contribution in [1.29, 1.82) is 0 Å². The maximum Gasteiger partial charge on any atom is 0.234 e. The number of rotatable bonds is 5. The summed E-state index contributed by atoms with van der Waals surface area (Å²) in [5.74, 6) is 0.00384. The first-order valence-electron chi connectivity index (χ1n) is 3.92. The van der Waals surface area contributed by atoms with Crippen molar-refractivity contribution in [3.63, 3.8) is 0 Å². The van der Waals surface area contributed by atoms with Gasteiger partial charge in [0.25, 0.3) is 0 Å². The Labute approximate surface area is 67.5 Å². The highest BCUT2D eigenvalue weighted by Crippen LogP contribution is 1.71. The van der Waals surface area contributed by atoms with E-state index in [1.807, 2.05) is 6.92 Å². The normalized spacial score (nSPS) is 12.6. The summed E-state index contributed by atoms with van der Waals surface area (Å²) in [6.45, 7) is 4.85. The van der Waals surface area contributed by atoms with Crippen LogP contribution >= 0.6 is 0 Å². The molecule has 4 N–H and O–H groups in total. The third kappa shape index (κ3) is 7.29. The van der Waals surface area contributed by atoms with Gasteiger partial charge in [0.15, 0.2) is 0 Å². The van der Waals surface area contributed by atoms with Gasteiger partial charge in [-0.3, -0.25) is 10.1 Å². The maximum atomic E-state index is 10.9. The van der Waals surface area contributed by atoms with Gasteiger partial charge >= 0.3 is 0 Å². The molecule has 0 rings (SSSR count). The third-order valence-corrected chi connectivity index (χ3v) is 1.16. The molecular weight excluding hydrogens is 142 g/mol. The first-order chi connectivity index (χ1) is 5.16. The lowest BCUT2D eigenvalue weighted by atomic mass is 10.4. The van der Waals surface area contributed by atoms with Gasteiger partial charge in [0, 0.05) is 6.54 Å². The molecule has 0 aromatic rings. The fourth-order valence-corrected chi connectivity index (χ4v) is 0.581. The van der Waals surface area contributed by atoms with Crippen molar-refractivity contribution >= 4 is 5.91 Å². The quantitative estimate of drug-likeness (QED) is 0.470. The smallest absolute Gasteiger partial charge is 0.234 e. The molecule has 1 unspecified atom stereocenters. The van der Waals surface area contributed by atoms with Crippen molar-refractivity contribution in [2.75, 3.05) is 13.1 Å². The number of nitrogens with one attached hydrogen (secondary N) is 2. The van der Waals surface area contributed by atoms with E-state index in [4.69, 9.17) is 5.73 Å². The molecule has 1 amide bonds. The van der Waals surface area contributed by atoms with Gasteiger partial charge in [-0.15, -0.1) is 0 Å². The molecule has 11 heavy (non-hydrogen) atoms. The molecule has 0 fully saturated rings. The monoisotopic (exact) mass is 159 g/mol. The Morgan fingerprint density at radius 2 is 2.27 bits per heavy atom. The highest BCUT2D eigenvalue weighted by atomic mass is 16.1. The summed E-state index contributed by atoms with van der Waals surface area (Å²) >= 11 is 0. The van der Waals surface area contributed by atoms with Crippen LogP contribution in [0.1, 0.15) is 20.3 Å². The predicted molar refractivity (Wildman–Crippen MR) is 45.0 cm³/mol. The molecule has 4 nitrogen and oxygen atoms in total. The van der Waals surface area contributed by atoms with E-state index in [2.05, 4.69) is 10.6 Å². The first-order valence-corrected chi connectivity index (χ1v) is 3.92. The summed E-state index contributed by atoms with van der Waals surface area (Å²) in [6, 6.07) is 0. The van der Waals surface area contributed by atoms with Crippen LogP contribution in [-0.2, 0) is 4.79 Å². The van der Waals surface area contributed by atoms with Crippen LogP contribution in [-0.4, -0.2) is 25.2 Å². The molecule has 66 valence electrons. The molecule has 0 spiro atoms. The molecule has 4 heteroatoms. The van der Waals surface area contributed by atoms with Crippen molar-refractivity contribution in [2.45, 2.75) is 26.4 Å². The third-order valence-electron chi connectivity index (χ3n) is 1.16. The fourth-order valence-electron chi connectivity index (χ4n) is 0.581. The van der Waals surface area contributed by atoms with Gasteiger partial charge in [-0.25, -0.2) is 0 Å². The Bertz CT molecular complexity index is 114. The summed E-state index contributed by atoms with van der Waals surface area (Å²) in [5.41, 5.74) is 5.38. The molecule has 0 aliphatic rings. The highest BCUT2D eigenvalue weighted by Gasteiger charge is 1.99. The van der Waals surface area contributed by atoms with E-state index < -0.39 is 0 Å². The van der Waals surface area contributed by atoms with E-state index in [0.29, 0.717) is 6.54 Å². The lowest BCUT2D eigenvalue weighted by Gasteiger charge is -2.07. The van der Waals surface area contributed by atoms with E-state index in [-0.39, 0.29) is 12.1 Å². The zero-order valence-electron chi connectivity index (χ0n) is 7.18. The van der Waals surface area contributed by atoms with Crippen molar-refractivity contribution in [1.82, 2.24) is 10.6 Å². The largest absolute Gasteiger partial charge is 0.355 e. The van der Waals surface area contributed by atoms with Crippen molar-refractivity contribution in [3.8, 4) is 0 Å². The number of amides is 1. The summed E-state index contributed by atoms with van der Waals surface area (Å²) in [6.07, 6.45) is 0.839. The average molecular weight is 159 g/mol. The zero-order chi connectivity index (χ0) is 8.69. The average Bonchev–Trinajstić information content (AvgIpc) is 1.97. The van der Waals surface area contributed by atoms with Gasteiger partial charge in [0.1, 0.15) is 0 Å². The van der Waals surface area contributed by atoms with E-state index in [1.165, 1.54) is 0 Å². The SMILES string of the molecule is CCCNC(=O)CNC(C)N. The second-order valence-electron chi connectivity index (χ2n) is 2.52. The molecule has 0 heterocycles. The van der Waals surface area contributed by atoms with Gasteiger partial charge in [-0.2, -0.15) is 0 Å². The van der Waals surface area contributed by atoms with Gasteiger partial charge in [-0.1, -0.05) is 6.92 Å². The molecule has 0 saturated heterocycles. The van der Waals surface area contributed by atoms with Crippen LogP contribution in [0, 0.1) is 0 Å². The van der Waals surface area contributed by atoms with Crippen LogP contribution < -0.4 is 16.4 Å². The predicted octanol–water partition coefficient (Wildman–Crippen LogP) is -0.593. The van der Waals surface area contributed by atoms with Crippen LogP contribution in [0.25, 0.3) is 0 Å². The number of carbonyl (C=O) groups is 1. The zero-order valence-corrected chi connectivity index (χ0v) is 7.18. The van der Waals surface area contributed by atoms with Crippen LogP contribution in [0.3, 0.4) is 0 Å². The first kappa shape index (κ1) is 10.4. The van der Waals surface area contributed by atoms with Crippen molar-refractivity contribution in [3.05, 3.63) is 0 Å². The number of carbonyl (C=O) groups excluding carboxylic acids is 1. The molecule has 0 bridgehead atoms. The van der Waals surface area contributed by atoms with Gasteiger partial charge in [0.2, 0.25) is 5.91 Å². The molecular formula is C7H17N3O. The topological polar surface area (TPSA) is 67.2 Å². The van der Waals surface area contributed by atoms with Gasteiger partial charge in [0.05, 0.1) is 12.7 Å². The molecule has 0 saturated carbocycles. The van der Waals surface area contributed by atoms with E-state index >= 15 is 0 Å². The number of hydrogen-bond acceptors (Lipinski definition) is 3. The minimum atomic E-state index is -0.123. The van der Waals surface area contributed by atoms with E-state index in [0.717, 1.165) is 13.0 Å². The Morgan fingerprint density at radius 3 is 2.73 bits per heavy atom. The Balaban J connectivity index is 3.23. The van der Waals surface area contributed by atoms with Crippen LogP contribution in [0.2, 0.25) is 0 Å². The summed E-state index contributed by atoms with van der Waals surface area (Å²) in [7, 11) is 0. The molecule has 1 atom stereocenters. The van der Waals surface area contributed by atoms with Gasteiger partial charge in [-0.05, 0) is 13.3 Å². The molecule has 0 aromatic carbocycles. The van der Waals surface area contributed by atoms with Crippen molar-refractivity contribution in [2.24, 2.45) is 5.73 Å². The van der Waals surface area contributed by atoms with Crippen molar-refractivity contribution < 1.29 is 4.79 Å². The van der Waals surface area contributed by atoms with Crippen LogP contribution in [0.15, 0.2) is 0 Å². The van der Waals surface area contributed by atoms with Crippen LogP contribution in [0.4, 0.5) is 0 Å². The maximum absolute atomic E-state index is 10.9. The van der Waals surface area contributed by atoms with Crippen LogP contribution in [0.5, 0.6) is 0 Å². The standard InChI is InChI=1S/C7H17N3O/c1-3-4-9-7(11)5-10-6(2)8/h6,10H,3-5,8H2,1-2H3,(H,9,11). The lowest BCUT2D eigenvalue weighted by molar-refractivity contribution is -0.120. The molecule has 0 aromatic heterocycles. The molecule has 0 aliphatic carbocycles.